The number of nitrogens with zero attached hydrogens (tertiary/aromatic N) is 1. The number of ketones is 1. The van der Waals surface area contributed by atoms with Crippen LogP contribution < -0.4 is 9.47 Å². The molecule has 2 aromatic carbocycles. The van der Waals surface area contributed by atoms with Crippen LogP contribution in [-0.2, 0) is 9.59 Å². The van der Waals surface area contributed by atoms with Gasteiger partial charge in [0.05, 0.1) is 25.3 Å². The molecule has 1 unspecified atom stereocenters. The van der Waals surface area contributed by atoms with Crippen LogP contribution >= 0.6 is 0 Å². The number of aliphatic hydroxyl groups excluding tert-OH is 2. The molecule has 1 fully saturated rings. The summed E-state index contributed by atoms with van der Waals surface area (Å²) in [7, 11) is 1.56. The maximum atomic E-state index is 13.0. The van der Waals surface area contributed by atoms with Crippen LogP contribution in [0.4, 0.5) is 0 Å². The minimum atomic E-state index is -0.724. The molecule has 1 heterocycles. The lowest BCUT2D eigenvalue weighted by molar-refractivity contribution is -0.139. The second kappa shape index (κ2) is 10.3. The molecule has 3 rings (SSSR count). The molecule has 7 nitrogen and oxygen atoms in total. The Morgan fingerprint density at radius 3 is 2.56 bits per heavy atom. The standard InChI is InChI=1S/C25H29NO6/c1-4-11-26-22(17-7-5-8-19(15-17)32-13-6-12-27)21(24(29)25(26)30)23(28)20-10-9-18(31-3)14-16(20)2/h5,7-10,14-15,22,27-28H,4,6,11-13H2,1-3H3/b23-21+. The van der Waals surface area contributed by atoms with Crippen LogP contribution in [0.15, 0.2) is 48.0 Å². The molecule has 0 bridgehead atoms. The number of rotatable bonds is 9. The van der Waals surface area contributed by atoms with Crippen LogP contribution in [-0.4, -0.2) is 53.7 Å². The van der Waals surface area contributed by atoms with Crippen molar-refractivity contribution in [1.82, 2.24) is 4.90 Å². The molecule has 1 amide bonds. The summed E-state index contributed by atoms with van der Waals surface area (Å²) in [5.41, 5.74) is 1.93. The Morgan fingerprint density at radius 2 is 1.91 bits per heavy atom. The van der Waals surface area contributed by atoms with Gasteiger partial charge in [-0.2, -0.15) is 0 Å². The van der Waals surface area contributed by atoms with Gasteiger partial charge in [0, 0.05) is 25.1 Å². The Labute approximate surface area is 187 Å². The van der Waals surface area contributed by atoms with E-state index in [9.17, 15) is 14.7 Å². The first-order valence-electron chi connectivity index (χ1n) is 10.7. The number of aryl methyl sites for hydroxylation is 1. The topological polar surface area (TPSA) is 96.3 Å². The van der Waals surface area contributed by atoms with Crippen LogP contribution in [0.25, 0.3) is 5.76 Å². The molecule has 0 aromatic heterocycles. The Morgan fingerprint density at radius 1 is 1.12 bits per heavy atom. The Balaban J connectivity index is 2.11. The number of Topliss-reactive ketones (excluding diaryl/α,β-unsaturated/α-hetero) is 1. The zero-order valence-corrected chi connectivity index (χ0v) is 18.6. The van der Waals surface area contributed by atoms with E-state index in [0.29, 0.717) is 48.6 Å². The summed E-state index contributed by atoms with van der Waals surface area (Å²) in [6.07, 6.45) is 1.16. The molecule has 1 aliphatic rings. The molecule has 0 saturated carbocycles. The zero-order chi connectivity index (χ0) is 23.3. The van der Waals surface area contributed by atoms with Crippen LogP contribution in [0.5, 0.6) is 11.5 Å². The van der Waals surface area contributed by atoms with Gasteiger partial charge in [0.25, 0.3) is 11.7 Å². The minimum absolute atomic E-state index is 0.0254. The summed E-state index contributed by atoms with van der Waals surface area (Å²) in [4.78, 5) is 27.4. The smallest absolute Gasteiger partial charge is 0.295 e. The lowest BCUT2D eigenvalue weighted by atomic mass is 9.93. The molecule has 1 saturated heterocycles. The van der Waals surface area contributed by atoms with Gasteiger partial charge in [0.15, 0.2) is 0 Å². The third kappa shape index (κ3) is 4.62. The van der Waals surface area contributed by atoms with Crippen LogP contribution in [0.3, 0.4) is 0 Å². The van der Waals surface area contributed by atoms with Gasteiger partial charge in [-0.05, 0) is 54.8 Å². The molecule has 32 heavy (non-hydrogen) atoms. The van der Waals surface area contributed by atoms with Crippen molar-refractivity contribution in [2.75, 3.05) is 26.9 Å². The Kier molecular flexibility index (Phi) is 7.53. The van der Waals surface area contributed by atoms with E-state index < -0.39 is 17.7 Å². The first-order chi connectivity index (χ1) is 15.4. The number of aliphatic hydroxyl groups is 2. The highest BCUT2D eigenvalue weighted by Gasteiger charge is 2.45. The predicted octanol–water partition coefficient (Wildman–Crippen LogP) is 3.60. The average molecular weight is 440 g/mol. The third-order valence-electron chi connectivity index (χ3n) is 5.44. The monoisotopic (exact) mass is 439 g/mol. The first-order valence-corrected chi connectivity index (χ1v) is 10.7. The molecular formula is C25H29NO6. The number of likely N-dealkylation sites (tertiary alicyclic amines) is 1. The van der Waals surface area contributed by atoms with Gasteiger partial charge in [-0.3, -0.25) is 9.59 Å². The number of hydrogen-bond donors (Lipinski definition) is 2. The molecule has 0 spiro atoms. The number of benzene rings is 2. The fourth-order valence-electron chi connectivity index (χ4n) is 3.90. The molecular weight excluding hydrogens is 410 g/mol. The van der Waals surface area contributed by atoms with Gasteiger partial charge < -0.3 is 24.6 Å². The number of hydrogen-bond acceptors (Lipinski definition) is 6. The van der Waals surface area contributed by atoms with Gasteiger partial charge >= 0.3 is 0 Å². The lowest BCUT2D eigenvalue weighted by Gasteiger charge is -2.25. The quantitative estimate of drug-likeness (QED) is 0.268. The number of carbonyl (C=O) groups is 2. The number of methoxy groups -OCH3 is 1. The van der Waals surface area contributed by atoms with Gasteiger partial charge in [-0.1, -0.05) is 19.1 Å². The van der Waals surface area contributed by atoms with Crippen LogP contribution in [0, 0.1) is 6.92 Å². The summed E-state index contributed by atoms with van der Waals surface area (Å²) in [6, 6.07) is 11.6. The molecule has 170 valence electrons. The highest BCUT2D eigenvalue weighted by molar-refractivity contribution is 6.46. The van der Waals surface area contributed by atoms with E-state index in [1.54, 1.807) is 43.5 Å². The SMILES string of the molecule is CCCN1C(=O)C(=O)/C(=C(/O)c2ccc(OC)cc2C)C1c1cccc(OCCCO)c1. The highest BCUT2D eigenvalue weighted by Crippen LogP contribution is 2.41. The normalized spacial score (nSPS) is 17.6. The number of amides is 1. The van der Waals surface area contributed by atoms with Crippen molar-refractivity contribution in [1.29, 1.82) is 0 Å². The van der Waals surface area contributed by atoms with Gasteiger partial charge in [-0.25, -0.2) is 0 Å². The van der Waals surface area contributed by atoms with Crippen molar-refractivity contribution in [2.24, 2.45) is 0 Å². The average Bonchev–Trinajstić information content (AvgIpc) is 3.04. The second-order valence-corrected chi connectivity index (χ2v) is 7.67. The van der Waals surface area contributed by atoms with E-state index in [1.807, 2.05) is 19.9 Å². The molecule has 0 aliphatic carbocycles. The largest absolute Gasteiger partial charge is 0.507 e. The van der Waals surface area contributed by atoms with Gasteiger partial charge in [-0.15, -0.1) is 0 Å². The first kappa shape index (κ1) is 23.3. The predicted molar refractivity (Wildman–Crippen MR) is 121 cm³/mol. The van der Waals surface area contributed by atoms with Crippen molar-refractivity contribution in [3.8, 4) is 11.5 Å². The summed E-state index contributed by atoms with van der Waals surface area (Å²) in [6.45, 7) is 4.49. The molecule has 2 N–H and O–H groups in total. The van der Waals surface area contributed by atoms with Gasteiger partial charge in [0.1, 0.15) is 17.3 Å². The Bertz CT molecular complexity index is 1030. The summed E-state index contributed by atoms with van der Waals surface area (Å²) >= 11 is 0. The van der Waals surface area contributed by atoms with E-state index in [4.69, 9.17) is 14.6 Å². The zero-order valence-electron chi connectivity index (χ0n) is 18.6. The Hall–Kier alpha value is -3.32. The van der Waals surface area contributed by atoms with Crippen molar-refractivity contribution in [3.63, 3.8) is 0 Å². The van der Waals surface area contributed by atoms with Gasteiger partial charge in [0.2, 0.25) is 0 Å². The van der Waals surface area contributed by atoms with Crippen LogP contribution in [0.1, 0.15) is 42.5 Å². The van der Waals surface area contributed by atoms with Crippen LogP contribution in [0.2, 0.25) is 0 Å². The summed E-state index contributed by atoms with van der Waals surface area (Å²) in [5.74, 6) is -0.342. The maximum absolute atomic E-state index is 13.0. The van der Waals surface area contributed by atoms with E-state index in [2.05, 4.69) is 0 Å². The maximum Gasteiger partial charge on any atom is 0.295 e. The molecule has 1 aliphatic heterocycles. The molecule has 0 radical (unpaired) electrons. The van der Waals surface area contributed by atoms with E-state index in [0.717, 1.165) is 5.56 Å². The minimum Gasteiger partial charge on any atom is -0.507 e. The highest BCUT2D eigenvalue weighted by atomic mass is 16.5. The fraction of sp³-hybridized carbons (Fsp3) is 0.360. The molecule has 7 heteroatoms. The number of carbonyl (C=O) groups excluding carboxylic acids is 2. The lowest BCUT2D eigenvalue weighted by Crippen LogP contribution is -2.30. The van der Waals surface area contributed by atoms with E-state index >= 15 is 0 Å². The summed E-state index contributed by atoms with van der Waals surface area (Å²) in [5, 5.41) is 20.2. The van der Waals surface area contributed by atoms with E-state index in [1.165, 1.54) is 4.90 Å². The van der Waals surface area contributed by atoms with Crippen molar-refractivity contribution in [3.05, 3.63) is 64.7 Å². The van der Waals surface area contributed by atoms with Crippen molar-refractivity contribution in [2.45, 2.75) is 32.7 Å². The summed E-state index contributed by atoms with van der Waals surface area (Å²) < 4.78 is 10.9. The second-order valence-electron chi connectivity index (χ2n) is 7.67. The van der Waals surface area contributed by atoms with E-state index in [-0.39, 0.29) is 17.9 Å². The molecule has 2 aromatic rings. The third-order valence-corrected chi connectivity index (χ3v) is 5.44. The van der Waals surface area contributed by atoms with Crippen molar-refractivity contribution >= 4 is 17.4 Å². The number of ether oxygens (including phenoxy) is 2. The molecule has 1 atom stereocenters. The van der Waals surface area contributed by atoms with Crippen molar-refractivity contribution < 1.29 is 29.3 Å². The fourth-order valence-corrected chi connectivity index (χ4v) is 3.90.